The van der Waals surface area contributed by atoms with E-state index in [0.29, 0.717) is 185 Å². The van der Waals surface area contributed by atoms with Gasteiger partial charge in [0, 0.05) is 147 Å². The molecule has 9 aromatic rings. The number of carbonyl (C=O) groups is 3. The van der Waals surface area contributed by atoms with E-state index in [2.05, 4.69) is 61.6 Å². The van der Waals surface area contributed by atoms with Crippen LogP contribution < -0.4 is 46.6 Å². The van der Waals surface area contributed by atoms with Gasteiger partial charge in [-0.25, -0.2) is 41.3 Å². The lowest BCUT2D eigenvalue weighted by Gasteiger charge is -2.28. The fraction of sp³-hybridized carbons (Fsp3) is 0.400. The Bertz CT molecular complexity index is 4040. The predicted molar refractivity (Wildman–Crippen MR) is 396 cm³/mol. The first-order valence-electron chi connectivity index (χ1n) is 34.8. The van der Waals surface area contributed by atoms with E-state index in [1.807, 2.05) is 77.8 Å². The lowest BCUT2D eigenvalue weighted by Crippen LogP contribution is -2.36. The van der Waals surface area contributed by atoms with Crippen LogP contribution in [0.4, 0.5) is 60.9 Å². The summed E-state index contributed by atoms with van der Waals surface area (Å²) in [5, 5.41) is 18.4. The predicted octanol–water partition coefficient (Wildman–Crippen LogP) is 9.63. The SMILES string of the molecule is CC(Nc1ccc(F)c(F)c1)c1cc(C(=O)NCCN(C)C)cc2ncc(N3CCOCC3)nc12.CC(Nc1ccc(F)c(F)c1)c1cc(C(=O)NCCN(C)C)cc2ncc(N3CCOCC3)nc12.CC(Nc1ccc(F)c(F)c1)c1cc(C(=O)NCCN(C)C)cc2ncc(N3CCOCC3)nc12. The van der Waals surface area contributed by atoms with E-state index in [9.17, 15) is 40.7 Å². The minimum Gasteiger partial charge on any atom is -0.378 e. The van der Waals surface area contributed by atoms with E-state index in [1.165, 1.54) is 18.2 Å². The van der Waals surface area contributed by atoms with Crippen molar-refractivity contribution >= 4 is 85.3 Å². The average molecular weight is 1450 g/mol. The minimum absolute atomic E-state index is 0.214. The number of anilines is 6. The van der Waals surface area contributed by atoms with Crippen LogP contribution in [0.15, 0.2) is 110 Å². The number of ether oxygens (including phenoxy) is 3. The van der Waals surface area contributed by atoms with Crippen LogP contribution in [0.5, 0.6) is 0 Å². The summed E-state index contributed by atoms with van der Waals surface area (Å²) in [7, 11) is 11.6. The average Bonchev–Trinajstić information content (AvgIpc) is 0.790. The van der Waals surface area contributed by atoms with Gasteiger partial charge in [-0.05, 0) is 136 Å². The summed E-state index contributed by atoms with van der Waals surface area (Å²) in [5.74, 6) is -4.00. The number of nitrogens with zero attached hydrogens (tertiary/aromatic N) is 12. The van der Waals surface area contributed by atoms with Crippen molar-refractivity contribution in [2.24, 2.45) is 0 Å². The van der Waals surface area contributed by atoms with Crippen LogP contribution in [0.3, 0.4) is 0 Å². The van der Waals surface area contributed by atoms with Crippen molar-refractivity contribution in [3.05, 3.63) is 178 Å². The number of carbonyl (C=O) groups excluding carboxylic acids is 3. The Balaban J connectivity index is 0.000000169. The second kappa shape index (κ2) is 36.5. The third kappa shape index (κ3) is 21.1. The second-order valence-electron chi connectivity index (χ2n) is 26.4. The highest BCUT2D eigenvalue weighted by Gasteiger charge is 2.25. The van der Waals surface area contributed by atoms with Crippen LogP contribution in [0.1, 0.15) is 86.7 Å². The normalized spacial score (nSPS) is 14.9. The Kier molecular flexibility index (Phi) is 27.0. The first-order valence-corrected chi connectivity index (χ1v) is 34.8. The highest BCUT2D eigenvalue weighted by Crippen LogP contribution is 2.33. The van der Waals surface area contributed by atoms with Crippen LogP contribution in [0.25, 0.3) is 33.1 Å². The van der Waals surface area contributed by atoms with Gasteiger partial charge in [-0.2, -0.15) is 0 Å². The Morgan fingerprint density at radius 2 is 0.648 bits per heavy atom. The van der Waals surface area contributed by atoms with Crippen molar-refractivity contribution in [1.82, 2.24) is 60.6 Å². The van der Waals surface area contributed by atoms with Crippen molar-refractivity contribution in [3.8, 4) is 0 Å². The van der Waals surface area contributed by atoms with Gasteiger partial charge in [0.25, 0.3) is 17.7 Å². The van der Waals surface area contributed by atoms with E-state index >= 15 is 0 Å². The molecule has 12 rings (SSSR count). The quantitative estimate of drug-likeness (QED) is 0.0308. The fourth-order valence-corrected chi connectivity index (χ4v) is 11.8. The molecular formula is C75H90F6N18O6. The number of morpholine rings is 3. The number of nitrogens with one attached hydrogen (secondary N) is 6. The standard InChI is InChI=1S/3C25H30F2N6O2/c3*1-16(30-18-4-5-20(26)21(27)14-18)19-12-17(25(34)28-6-7-32(2)3)13-22-24(19)31-23(15-29-22)33-8-10-35-11-9-33/h3*4-5,12-16,30H,6-11H2,1-3H3,(H,28,34). The molecule has 6 N–H and O–H groups in total. The molecule has 3 saturated heterocycles. The highest BCUT2D eigenvalue weighted by atomic mass is 19.2. The number of amides is 3. The molecule has 30 heteroatoms. The number of benzene rings is 6. The van der Waals surface area contributed by atoms with Crippen LogP contribution in [-0.4, -0.2) is 223 Å². The van der Waals surface area contributed by atoms with Crippen LogP contribution in [0, 0.1) is 34.9 Å². The summed E-state index contributed by atoms with van der Waals surface area (Å²) in [6.07, 6.45) is 5.12. The first kappa shape index (κ1) is 77.5. The van der Waals surface area contributed by atoms with E-state index in [4.69, 9.17) is 29.2 Å². The van der Waals surface area contributed by atoms with Crippen LogP contribution >= 0.6 is 0 Å². The summed E-state index contributed by atoms with van der Waals surface area (Å²) in [5.41, 5.74) is 8.48. The van der Waals surface area contributed by atoms with Crippen LogP contribution in [0.2, 0.25) is 0 Å². The summed E-state index contributed by atoms with van der Waals surface area (Å²) in [6.45, 7) is 17.3. The molecule has 0 saturated carbocycles. The monoisotopic (exact) mass is 1450 g/mol. The molecule has 3 aliphatic rings. The number of hydrogen-bond donors (Lipinski definition) is 6. The molecule has 105 heavy (non-hydrogen) atoms. The van der Waals surface area contributed by atoms with Gasteiger partial charge in [-0.3, -0.25) is 29.3 Å². The Labute approximate surface area is 606 Å². The van der Waals surface area contributed by atoms with Gasteiger partial charge in [0.05, 0.1) is 109 Å². The molecule has 0 spiro atoms. The minimum atomic E-state index is -0.935. The molecule has 6 aromatic carbocycles. The maximum Gasteiger partial charge on any atom is 0.251 e. The smallest absolute Gasteiger partial charge is 0.251 e. The zero-order chi connectivity index (χ0) is 74.8. The topological polar surface area (TPSA) is 248 Å². The molecule has 3 amide bonds. The lowest BCUT2D eigenvalue weighted by molar-refractivity contribution is 0.0943. The maximum absolute atomic E-state index is 13.8. The largest absolute Gasteiger partial charge is 0.378 e. The number of rotatable bonds is 24. The van der Waals surface area contributed by atoms with Crippen molar-refractivity contribution in [1.29, 1.82) is 0 Å². The Morgan fingerprint density at radius 1 is 0.390 bits per heavy atom. The molecule has 6 heterocycles. The van der Waals surface area contributed by atoms with E-state index < -0.39 is 34.9 Å². The van der Waals surface area contributed by atoms with Gasteiger partial charge in [0.15, 0.2) is 34.9 Å². The zero-order valence-corrected chi connectivity index (χ0v) is 60.4. The van der Waals surface area contributed by atoms with Gasteiger partial charge in [0.1, 0.15) is 17.5 Å². The van der Waals surface area contributed by atoms with E-state index in [1.54, 1.807) is 55.0 Å². The second-order valence-corrected chi connectivity index (χ2v) is 26.4. The van der Waals surface area contributed by atoms with Crippen LogP contribution in [-0.2, 0) is 14.2 Å². The van der Waals surface area contributed by atoms with Crippen molar-refractivity contribution < 1.29 is 54.9 Å². The van der Waals surface area contributed by atoms with Gasteiger partial charge in [0.2, 0.25) is 0 Å². The van der Waals surface area contributed by atoms with Crippen molar-refractivity contribution in [2.45, 2.75) is 38.9 Å². The lowest BCUT2D eigenvalue weighted by atomic mass is 10.0. The van der Waals surface area contributed by atoms with Crippen molar-refractivity contribution in [2.75, 3.05) is 191 Å². The first-order chi connectivity index (χ1) is 50.4. The molecule has 558 valence electrons. The Hall–Kier alpha value is -10.1. The molecule has 3 unspecified atom stereocenters. The molecule has 0 radical (unpaired) electrons. The molecule has 3 fully saturated rings. The number of aromatic nitrogens is 6. The fourth-order valence-electron chi connectivity index (χ4n) is 11.8. The summed E-state index contributed by atoms with van der Waals surface area (Å²) >= 11 is 0. The third-order valence-electron chi connectivity index (χ3n) is 17.6. The molecular weight excluding hydrogens is 1360 g/mol. The number of likely N-dealkylation sites (N-methyl/N-ethyl adjacent to an activating group) is 3. The number of fused-ring (bicyclic) bond motifs is 3. The third-order valence-corrected chi connectivity index (χ3v) is 17.6. The van der Waals surface area contributed by atoms with Gasteiger partial charge >= 0.3 is 0 Å². The highest BCUT2D eigenvalue weighted by molar-refractivity contribution is 6.00. The van der Waals surface area contributed by atoms with E-state index in [-0.39, 0.29) is 35.8 Å². The van der Waals surface area contributed by atoms with Gasteiger partial charge in [-0.15, -0.1) is 0 Å². The van der Waals surface area contributed by atoms with Gasteiger partial charge in [-0.1, -0.05) is 0 Å². The summed E-state index contributed by atoms with van der Waals surface area (Å²) in [4.78, 5) is 79.4. The Morgan fingerprint density at radius 3 is 0.886 bits per heavy atom. The molecule has 3 aromatic heterocycles. The van der Waals surface area contributed by atoms with Crippen molar-refractivity contribution in [3.63, 3.8) is 0 Å². The molecule has 24 nitrogen and oxygen atoms in total. The van der Waals surface area contributed by atoms with E-state index in [0.717, 1.165) is 70.5 Å². The summed E-state index contributed by atoms with van der Waals surface area (Å²) < 4.78 is 97.9. The number of hydrogen-bond acceptors (Lipinski definition) is 21. The molecule has 0 aliphatic carbocycles. The summed E-state index contributed by atoms with van der Waals surface area (Å²) in [6, 6.07) is 20.4. The molecule has 3 aliphatic heterocycles. The zero-order valence-electron chi connectivity index (χ0n) is 60.4. The molecule has 3 atom stereocenters. The van der Waals surface area contributed by atoms with Gasteiger partial charge < -0.3 is 75.5 Å². The number of halogens is 6. The molecule has 0 bridgehead atoms. The maximum atomic E-state index is 13.8.